The van der Waals surface area contributed by atoms with Gasteiger partial charge in [-0.05, 0) is 38.2 Å². The van der Waals surface area contributed by atoms with E-state index in [4.69, 9.17) is 28.6 Å². The molecule has 0 bridgehead atoms. The van der Waals surface area contributed by atoms with Gasteiger partial charge in [-0.1, -0.05) is 23.7 Å². The van der Waals surface area contributed by atoms with E-state index in [1.165, 1.54) is 0 Å². The van der Waals surface area contributed by atoms with Crippen LogP contribution in [0.25, 0.3) is 0 Å². The molecule has 1 aromatic carbocycles. The zero-order valence-corrected chi connectivity index (χ0v) is 12.1. The molecule has 1 N–H and O–H groups in total. The van der Waals surface area contributed by atoms with Crippen LogP contribution in [-0.2, 0) is 4.74 Å². The van der Waals surface area contributed by atoms with Gasteiger partial charge in [-0.2, -0.15) is 0 Å². The zero-order valence-electron chi connectivity index (χ0n) is 10.5. The molecule has 1 aliphatic rings. The van der Waals surface area contributed by atoms with Crippen LogP contribution in [0.15, 0.2) is 24.3 Å². The van der Waals surface area contributed by atoms with Gasteiger partial charge < -0.3 is 15.0 Å². The molecule has 1 saturated heterocycles. The van der Waals surface area contributed by atoms with Crippen molar-refractivity contribution in [2.45, 2.75) is 26.1 Å². The fourth-order valence-corrected chi connectivity index (χ4v) is 2.54. The normalized spacial score (nSPS) is 23.8. The number of anilines is 1. The summed E-state index contributed by atoms with van der Waals surface area (Å²) in [4.78, 5) is 2.12. The predicted octanol–water partition coefficient (Wildman–Crippen LogP) is 3.15. The Bertz CT molecular complexity index is 431. The number of morpholine rings is 1. The summed E-state index contributed by atoms with van der Waals surface area (Å²) in [6, 6.07) is 7.59. The van der Waals surface area contributed by atoms with E-state index >= 15 is 0 Å². The van der Waals surface area contributed by atoms with E-state index in [1.807, 2.05) is 24.3 Å². The quantitative estimate of drug-likeness (QED) is 0.801. The highest BCUT2D eigenvalue weighted by Gasteiger charge is 2.24. The van der Waals surface area contributed by atoms with Crippen molar-refractivity contribution in [3.05, 3.63) is 29.3 Å². The Morgan fingerprint density at radius 2 is 1.94 bits per heavy atom. The lowest BCUT2D eigenvalue weighted by atomic mass is 10.2. The van der Waals surface area contributed by atoms with Crippen LogP contribution in [0.5, 0.6) is 0 Å². The van der Waals surface area contributed by atoms with Crippen LogP contribution < -0.4 is 5.32 Å². The van der Waals surface area contributed by atoms with Crippen molar-refractivity contribution in [1.82, 2.24) is 4.90 Å². The van der Waals surface area contributed by atoms with Crippen LogP contribution >= 0.6 is 23.8 Å². The van der Waals surface area contributed by atoms with Crippen molar-refractivity contribution in [2.75, 3.05) is 18.4 Å². The average Bonchev–Trinajstić information content (AvgIpc) is 2.31. The van der Waals surface area contributed by atoms with Crippen molar-refractivity contribution in [3.63, 3.8) is 0 Å². The van der Waals surface area contributed by atoms with Crippen molar-refractivity contribution in [2.24, 2.45) is 0 Å². The molecule has 0 aromatic heterocycles. The highest BCUT2D eigenvalue weighted by atomic mass is 35.5. The first-order valence-corrected chi connectivity index (χ1v) is 6.81. The molecule has 98 valence electrons. The van der Waals surface area contributed by atoms with Crippen molar-refractivity contribution in [3.8, 4) is 0 Å². The topological polar surface area (TPSA) is 24.5 Å². The second kappa shape index (κ2) is 5.87. The number of thiocarbonyl (C=S) groups is 1. The van der Waals surface area contributed by atoms with E-state index in [1.54, 1.807) is 0 Å². The molecule has 18 heavy (non-hydrogen) atoms. The Balaban J connectivity index is 2.02. The summed E-state index contributed by atoms with van der Waals surface area (Å²) in [5.41, 5.74) is 0.843. The predicted molar refractivity (Wildman–Crippen MR) is 79.3 cm³/mol. The molecule has 0 aliphatic carbocycles. The summed E-state index contributed by atoms with van der Waals surface area (Å²) in [6.45, 7) is 5.72. The lowest BCUT2D eigenvalue weighted by molar-refractivity contribution is -0.0473. The standard InChI is InChI=1S/C13H17ClN2OS/c1-9-7-16(8-10(2)17-9)13(18)15-12-6-4-3-5-11(12)14/h3-6,9-10H,7-8H2,1-2H3,(H,15,18). The molecule has 2 unspecified atom stereocenters. The molecule has 0 saturated carbocycles. The van der Waals surface area contributed by atoms with E-state index in [-0.39, 0.29) is 12.2 Å². The lowest BCUT2D eigenvalue weighted by Gasteiger charge is -2.37. The highest BCUT2D eigenvalue weighted by Crippen LogP contribution is 2.21. The molecule has 0 radical (unpaired) electrons. The molecule has 1 aromatic rings. The number of benzene rings is 1. The molecule has 1 aliphatic heterocycles. The Kier molecular flexibility index (Phi) is 4.43. The van der Waals surface area contributed by atoms with Gasteiger partial charge in [0.1, 0.15) is 0 Å². The minimum absolute atomic E-state index is 0.194. The van der Waals surface area contributed by atoms with Crippen LogP contribution in [0.3, 0.4) is 0 Å². The molecular weight excluding hydrogens is 268 g/mol. The van der Waals surface area contributed by atoms with Crippen LogP contribution in [0.2, 0.25) is 5.02 Å². The van der Waals surface area contributed by atoms with Crippen LogP contribution in [-0.4, -0.2) is 35.3 Å². The number of nitrogens with one attached hydrogen (secondary N) is 1. The van der Waals surface area contributed by atoms with Gasteiger partial charge in [0.15, 0.2) is 5.11 Å². The first-order valence-electron chi connectivity index (χ1n) is 6.02. The van der Waals surface area contributed by atoms with E-state index in [9.17, 15) is 0 Å². The summed E-state index contributed by atoms with van der Waals surface area (Å²) in [6.07, 6.45) is 0.388. The van der Waals surface area contributed by atoms with Gasteiger partial charge in [0.2, 0.25) is 0 Å². The van der Waals surface area contributed by atoms with Crippen LogP contribution in [0.1, 0.15) is 13.8 Å². The number of rotatable bonds is 1. The maximum Gasteiger partial charge on any atom is 0.173 e. The fraction of sp³-hybridized carbons (Fsp3) is 0.462. The summed E-state index contributed by atoms with van der Waals surface area (Å²) in [5, 5.41) is 4.57. The third-order valence-electron chi connectivity index (χ3n) is 2.82. The molecule has 2 rings (SSSR count). The molecule has 5 heteroatoms. The minimum Gasteiger partial charge on any atom is -0.372 e. The Morgan fingerprint density at radius 3 is 2.56 bits per heavy atom. The van der Waals surface area contributed by atoms with Crippen LogP contribution in [0.4, 0.5) is 5.69 Å². The monoisotopic (exact) mass is 284 g/mol. The van der Waals surface area contributed by atoms with Gasteiger partial charge in [0, 0.05) is 13.1 Å². The zero-order chi connectivity index (χ0) is 13.1. The Labute approximate surface area is 118 Å². The minimum atomic E-state index is 0.194. The van der Waals surface area contributed by atoms with Crippen molar-refractivity contribution in [1.29, 1.82) is 0 Å². The SMILES string of the molecule is CC1CN(C(=S)Nc2ccccc2Cl)CC(C)O1. The summed E-state index contributed by atoms with van der Waals surface area (Å²) in [5.74, 6) is 0. The van der Waals surface area contributed by atoms with E-state index in [0.717, 1.165) is 18.8 Å². The van der Waals surface area contributed by atoms with Gasteiger partial charge in [-0.25, -0.2) is 0 Å². The first-order chi connectivity index (χ1) is 8.56. The lowest BCUT2D eigenvalue weighted by Crippen LogP contribution is -2.49. The first kappa shape index (κ1) is 13.6. The Hall–Kier alpha value is -0.840. The van der Waals surface area contributed by atoms with Crippen molar-refractivity contribution >= 4 is 34.6 Å². The average molecular weight is 285 g/mol. The van der Waals surface area contributed by atoms with Gasteiger partial charge in [-0.15, -0.1) is 0 Å². The fourth-order valence-electron chi connectivity index (χ4n) is 2.10. The maximum absolute atomic E-state index is 6.10. The molecule has 0 amide bonds. The largest absolute Gasteiger partial charge is 0.372 e. The molecule has 1 heterocycles. The summed E-state index contributed by atoms with van der Waals surface area (Å²) in [7, 11) is 0. The van der Waals surface area contributed by atoms with E-state index < -0.39 is 0 Å². The summed E-state index contributed by atoms with van der Waals surface area (Å²) >= 11 is 11.5. The van der Waals surface area contributed by atoms with Crippen molar-refractivity contribution < 1.29 is 4.74 Å². The second-order valence-corrected chi connectivity index (χ2v) is 5.37. The molecular formula is C13H17ClN2OS. The molecule has 2 atom stereocenters. The molecule has 0 spiro atoms. The number of halogens is 1. The smallest absolute Gasteiger partial charge is 0.173 e. The maximum atomic E-state index is 6.10. The highest BCUT2D eigenvalue weighted by molar-refractivity contribution is 7.80. The number of ether oxygens (including phenoxy) is 1. The third kappa shape index (κ3) is 3.34. The van der Waals surface area contributed by atoms with Gasteiger partial charge in [0.25, 0.3) is 0 Å². The third-order valence-corrected chi connectivity index (χ3v) is 3.51. The second-order valence-electron chi connectivity index (χ2n) is 4.57. The number of nitrogens with zero attached hydrogens (tertiary/aromatic N) is 1. The van der Waals surface area contributed by atoms with Crippen LogP contribution in [0, 0.1) is 0 Å². The molecule has 1 fully saturated rings. The number of hydrogen-bond acceptors (Lipinski definition) is 2. The molecule has 3 nitrogen and oxygen atoms in total. The van der Waals surface area contributed by atoms with Gasteiger partial charge in [-0.3, -0.25) is 0 Å². The van der Waals surface area contributed by atoms with Gasteiger partial charge in [0.05, 0.1) is 22.9 Å². The summed E-state index contributed by atoms with van der Waals surface area (Å²) < 4.78 is 5.69. The Morgan fingerprint density at radius 1 is 1.33 bits per heavy atom. The van der Waals surface area contributed by atoms with E-state index in [0.29, 0.717) is 10.1 Å². The van der Waals surface area contributed by atoms with E-state index in [2.05, 4.69) is 24.1 Å². The van der Waals surface area contributed by atoms with Gasteiger partial charge >= 0.3 is 0 Å². The number of hydrogen-bond donors (Lipinski definition) is 1. The number of para-hydroxylation sites is 1.